The van der Waals surface area contributed by atoms with Gasteiger partial charge in [-0.3, -0.25) is 0 Å². The Kier molecular flexibility index (Phi) is 4.67. The lowest BCUT2D eigenvalue weighted by atomic mass is 9.89. The van der Waals surface area contributed by atoms with Crippen molar-refractivity contribution in [2.75, 3.05) is 0 Å². The molecule has 9 rings (SSSR count). The van der Waals surface area contributed by atoms with E-state index in [-0.39, 0.29) is 0 Å². The average Bonchev–Trinajstić information content (AvgIpc) is 3.53. The minimum Gasteiger partial charge on any atom is -0.389 e. The summed E-state index contributed by atoms with van der Waals surface area (Å²) in [5.41, 5.74) is 5.36. The van der Waals surface area contributed by atoms with Gasteiger partial charge >= 0.3 is 6.97 Å². The normalized spacial score (nSPS) is 15.1. The van der Waals surface area contributed by atoms with E-state index in [0.717, 1.165) is 54.6 Å². The third-order valence-corrected chi connectivity index (χ3v) is 8.82. The van der Waals surface area contributed by atoms with E-state index in [1.807, 2.05) is 115 Å². The molecule has 0 saturated carbocycles. The SMILES string of the molecule is F[B-]1(F)n2c(c3cc4ccccc4cc3c2-c2ccccc2)C=C2c3cc4ccccc4cc3C(c3ccccc3)=[N+]21. The first kappa shape index (κ1) is 23.4. The van der Waals surface area contributed by atoms with Crippen molar-refractivity contribution >= 4 is 56.8 Å². The van der Waals surface area contributed by atoms with Crippen LogP contribution in [0.15, 0.2) is 133 Å². The first-order chi connectivity index (χ1) is 20.6. The molecule has 6 aromatic carbocycles. The van der Waals surface area contributed by atoms with Crippen LogP contribution in [-0.4, -0.2) is 21.6 Å². The number of benzene rings is 6. The Labute approximate surface area is 241 Å². The Balaban J connectivity index is 1.46. The van der Waals surface area contributed by atoms with Crippen molar-refractivity contribution in [3.05, 3.63) is 156 Å². The molecule has 0 saturated heterocycles. The van der Waals surface area contributed by atoms with E-state index < -0.39 is 6.97 Å². The van der Waals surface area contributed by atoms with Gasteiger partial charge in [-0.1, -0.05) is 97.1 Å². The van der Waals surface area contributed by atoms with Crippen LogP contribution in [0.4, 0.5) is 8.63 Å². The third kappa shape index (κ3) is 3.11. The number of rotatable bonds is 2. The van der Waals surface area contributed by atoms with Gasteiger partial charge in [-0.15, -0.1) is 0 Å². The molecule has 198 valence electrons. The molecule has 0 radical (unpaired) electrons. The zero-order chi connectivity index (χ0) is 28.0. The molecule has 0 atom stereocenters. The standard InChI is InChI=1S/C37H23BF2N2/c39-38(40)41-34(30-19-26-15-7-9-17-28(26)21-32(30)36(41)24-11-3-1-4-12-24)23-35-31-20-27-16-8-10-18-29(27)22-33(31)37(42(35)38)25-13-5-2-6-14-25/h1-23H. The second-order valence-electron chi connectivity index (χ2n) is 11.2. The van der Waals surface area contributed by atoms with Crippen molar-refractivity contribution in [1.29, 1.82) is 0 Å². The van der Waals surface area contributed by atoms with Crippen LogP contribution in [-0.2, 0) is 0 Å². The highest BCUT2D eigenvalue weighted by atomic mass is 19.2. The Morgan fingerprint density at radius 2 is 1.02 bits per heavy atom. The summed E-state index contributed by atoms with van der Waals surface area (Å²) in [4.78, 5) is 0. The van der Waals surface area contributed by atoms with Gasteiger partial charge in [0.05, 0.1) is 11.1 Å². The largest absolute Gasteiger partial charge is 0.737 e. The first-order valence-electron chi connectivity index (χ1n) is 14.2. The van der Waals surface area contributed by atoms with Crippen LogP contribution in [0.25, 0.3) is 55.3 Å². The van der Waals surface area contributed by atoms with Gasteiger partial charge in [0.2, 0.25) is 0 Å². The van der Waals surface area contributed by atoms with E-state index in [9.17, 15) is 0 Å². The molecular formula is C37H23BF2N2. The maximum absolute atomic E-state index is 17.6. The van der Waals surface area contributed by atoms with E-state index in [1.54, 1.807) is 0 Å². The predicted molar refractivity (Wildman–Crippen MR) is 170 cm³/mol. The van der Waals surface area contributed by atoms with Crippen molar-refractivity contribution in [2.45, 2.75) is 0 Å². The van der Waals surface area contributed by atoms with Crippen molar-refractivity contribution in [2.24, 2.45) is 0 Å². The maximum Gasteiger partial charge on any atom is 0.737 e. The Bertz CT molecular complexity index is 2320. The molecule has 2 aliphatic rings. The molecule has 1 aromatic heterocycles. The van der Waals surface area contributed by atoms with Gasteiger partial charge in [-0.2, -0.15) is 0 Å². The van der Waals surface area contributed by atoms with Crippen molar-refractivity contribution in [3.8, 4) is 11.3 Å². The lowest BCUT2D eigenvalue weighted by Gasteiger charge is -2.31. The number of hydrogen-bond acceptors (Lipinski definition) is 0. The summed E-state index contributed by atoms with van der Waals surface area (Å²) in [6.45, 7) is -4.30. The first-order valence-corrected chi connectivity index (χ1v) is 14.2. The number of hydrogen-bond donors (Lipinski definition) is 0. The Hall–Kier alpha value is -5.29. The number of nitrogens with zero attached hydrogens (tertiary/aromatic N) is 2. The molecular weight excluding hydrogens is 521 g/mol. The van der Waals surface area contributed by atoms with Crippen LogP contribution in [0.3, 0.4) is 0 Å². The molecule has 7 aromatic rings. The van der Waals surface area contributed by atoms with Crippen LogP contribution in [0, 0.1) is 0 Å². The minimum absolute atomic E-state index is 0.541. The number of fused-ring (bicyclic) bond motifs is 8. The number of aromatic nitrogens is 1. The van der Waals surface area contributed by atoms with E-state index >= 15 is 8.63 Å². The summed E-state index contributed by atoms with van der Waals surface area (Å²) < 4.78 is 37.9. The molecule has 2 nitrogen and oxygen atoms in total. The summed E-state index contributed by atoms with van der Waals surface area (Å²) in [7, 11) is 0. The maximum atomic E-state index is 17.6. The quantitative estimate of drug-likeness (QED) is 0.192. The van der Waals surface area contributed by atoms with Gasteiger partial charge in [0, 0.05) is 33.8 Å². The molecule has 42 heavy (non-hydrogen) atoms. The summed E-state index contributed by atoms with van der Waals surface area (Å²) in [6.07, 6.45) is 1.98. The van der Waals surface area contributed by atoms with Gasteiger partial charge in [0.25, 0.3) is 0 Å². The van der Waals surface area contributed by atoms with E-state index in [4.69, 9.17) is 0 Å². The highest BCUT2D eigenvalue weighted by Crippen LogP contribution is 2.47. The van der Waals surface area contributed by atoms with Crippen LogP contribution >= 0.6 is 0 Å². The zero-order valence-electron chi connectivity index (χ0n) is 22.5. The fourth-order valence-electron chi connectivity index (χ4n) is 7.02. The molecule has 2 aliphatic heterocycles. The summed E-state index contributed by atoms with van der Waals surface area (Å²) in [6, 6.07) is 43.6. The molecule has 0 unspecified atom stereocenters. The highest BCUT2D eigenvalue weighted by Gasteiger charge is 2.56. The summed E-state index contributed by atoms with van der Waals surface area (Å²) >= 11 is 0. The molecule has 3 heterocycles. The van der Waals surface area contributed by atoms with Crippen LogP contribution in [0.1, 0.15) is 22.4 Å². The lowest BCUT2D eigenvalue weighted by molar-refractivity contribution is -0.316. The lowest BCUT2D eigenvalue weighted by Crippen LogP contribution is -2.50. The minimum atomic E-state index is -4.30. The van der Waals surface area contributed by atoms with E-state index in [1.165, 1.54) is 8.96 Å². The van der Waals surface area contributed by atoms with Crippen LogP contribution < -0.4 is 0 Å². The van der Waals surface area contributed by atoms with Crippen LogP contribution in [0.5, 0.6) is 0 Å². The second kappa shape index (κ2) is 8.37. The van der Waals surface area contributed by atoms with Gasteiger partial charge < -0.3 is 17.6 Å². The van der Waals surface area contributed by atoms with Gasteiger partial charge in [0.15, 0.2) is 11.4 Å². The monoisotopic (exact) mass is 544 g/mol. The Morgan fingerprint density at radius 1 is 0.524 bits per heavy atom. The van der Waals surface area contributed by atoms with Gasteiger partial charge in [-0.25, -0.2) is 0 Å². The number of halogens is 2. The third-order valence-electron chi connectivity index (χ3n) is 8.82. The van der Waals surface area contributed by atoms with E-state index in [0.29, 0.717) is 22.8 Å². The van der Waals surface area contributed by atoms with E-state index in [2.05, 4.69) is 24.3 Å². The smallest absolute Gasteiger partial charge is 0.389 e. The fraction of sp³-hybridized carbons (Fsp3) is 0. The topological polar surface area (TPSA) is 7.94 Å². The zero-order valence-corrected chi connectivity index (χ0v) is 22.5. The van der Waals surface area contributed by atoms with Crippen molar-refractivity contribution in [3.63, 3.8) is 0 Å². The predicted octanol–water partition coefficient (Wildman–Crippen LogP) is 9.21. The van der Waals surface area contributed by atoms with Gasteiger partial charge in [-0.05, 0) is 63.5 Å². The summed E-state index contributed by atoms with van der Waals surface area (Å²) in [5.74, 6) is 0. The van der Waals surface area contributed by atoms with Crippen molar-refractivity contribution < 1.29 is 13.1 Å². The fourth-order valence-corrected chi connectivity index (χ4v) is 7.02. The molecule has 0 spiro atoms. The van der Waals surface area contributed by atoms with Crippen LogP contribution in [0.2, 0.25) is 0 Å². The summed E-state index contributed by atoms with van der Waals surface area (Å²) in [5, 5.41) is 5.78. The molecule has 0 amide bonds. The second-order valence-corrected chi connectivity index (χ2v) is 11.2. The molecule has 0 N–H and O–H groups in total. The average molecular weight is 544 g/mol. The highest BCUT2D eigenvalue weighted by molar-refractivity contribution is 6.61. The van der Waals surface area contributed by atoms with Gasteiger partial charge in [0.1, 0.15) is 0 Å². The van der Waals surface area contributed by atoms with Crippen molar-refractivity contribution in [1.82, 2.24) is 4.48 Å². The molecule has 0 aliphatic carbocycles. The molecule has 0 bridgehead atoms. The molecule has 0 fully saturated rings. The Morgan fingerprint density at radius 3 is 1.64 bits per heavy atom. The molecule has 5 heteroatoms.